The Bertz CT molecular complexity index is 1110. The van der Waals surface area contributed by atoms with Crippen molar-refractivity contribution in [2.75, 3.05) is 31.6 Å². The second kappa shape index (κ2) is 12.9. The number of hydrogen-bond acceptors (Lipinski definition) is 7. The number of pyridine rings is 1. The number of ether oxygens (including phenoxy) is 2. The highest BCUT2D eigenvalue weighted by Crippen LogP contribution is 2.21. The minimum absolute atomic E-state index is 0.283. The molecule has 0 bridgehead atoms. The second-order valence-electron chi connectivity index (χ2n) is 7.49. The van der Waals surface area contributed by atoms with E-state index >= 15 is 0 Å². The fraction of sp³-hybridized carbons (Fsp3) is 0.292. The molecule has 1 heterocycles. The molecule has 1 unspecified atom stereocenters. The van der Waals surface area contributed by atoms with Gasteiger partial charge >= 0.3 is 6.09 Å². The molecule has 1 radical (unpaired) electrons. The molecule has 0 saturated carbocycles. The summed E-state index contributed by atoms with van der Waals surface area (Å²) < 4.78 is 11.1. The molecular weight excluding hydrogens is 458 g/mol. The van der Waals surface area contributed by atoms with E-state index in [1.807, 2.05) is 42.5 Å². The maximum absolute atomic E-state index is 12.7. The summed E-state index contributed by atoms with van der Waals surface area (Å²) in [5, 5.41) is 4.98. The zero-order valence-corrected chi connectivity index (χ0v) is 19.3. The SMILES string of the molecule is [NH]C(=O)CC(OC(=O)Nc1cc2ccccc2cn1)N(CCOCCN)Cc1ccccc1Cl. The van der Waals surface area contributed by atoms with Crippen LogP contribution in [0.25, 0.3) is 10.8 Å². The Balaban J connectivity index is 1.75. The average Bonchev–Trinajstić information content (AvgIpc) is 2.81. The van der Waals surface area contributed by atoms with Crippen LogP contribution in [0, 0.1) is 0 Å². The van der Waals surface area contributed by atoms with Crippen LogP contribution in [-0.4, -0.2) is 54.4 Å². The minimum Gasteiger partial charge on any atom is -0.429 e. The first-order chi connectivity index (χ1) is 16.5. The van der Waals surface area contributed by atoms with Gasteiger partial charge in [-0.15, -0.1) is 0 Å². The summed E-state index contributed by atoms with van der Waals surface area (Å²) in [6.07, 6.45) is -0.474. The maximum Gasteiger partial charge on any atom is 0.414 e. The summed E-state index contributed by atoms with van der Waals surface area (Å²) in [6, 6.07) is 16.6. The molecule has 10 heteroatoms. The number of aromatic nitrogens is 1. The van der Waals surface area contributed by atoms with Crippen molar-refractivity contribution >= 4 is 40.2 Å². The van der Waals surface area contributed by atoms with E-state index in [0.717, 1.165) is 16.3 Å². The van der Waals surface area contributed by atoms with Gasteiger partial charge in [-0.25, -0.2) is 9.78 Å². The third-order valence-electron chi connectivity index (χ3n) is 4.99. The predicted octanol–water partition coefficient (Wildman–Crippen LogP) is 3.44. The van der Waals surface area contributed by atoms with Crippen LogP contribution in [0.4, 0.5) is 10.6 Å². The molecule has 0 spiro atoms. The maximum atomic E-state index is 12.7. The largest absolute Gasteiger partial charge is 0.429 e. The molecule has 0 aliphatic rings. The Morgan fingerprint density at radius 3 is 2.59 bits per heavy atom. The van der Waals surface area contributed by atoms with Crippen molar-refractivity contribution < 1.29 is 19.1 Å². The summed E-state index contributed by atoms with van der Waals surface area (Å²) in [5.74, 6) is -0.558. The van der Waals surface area contributed by atoms with Gasteiger partial charge in [0.15, 0.2) is 6.23 Å². The van der Waals surface area contributed by atoms with Crippen molar-refractivity contribution in [3.63, 3.8) is 0 Å². The molecule has 3 rings (SSSR count). The Hall–Kier alpha value is -3.24. The van der Waals surface area contributed by atoms with Crippen LogP contribution in [0.3, 0.4) is 0 Å². The lowest BCUT2D eigenvalue weighted by Gasteiger charge is -2.30. The van der Waals surface area contributed by atoms with Crippen LogP contribution in [-0.2, 0) is 20.8 Å². The lowest BCUT2D eigenvalue weighted by atomic mass is 10.2. The molecule has 0 fully saturated rings. The number of nitrogens with zero attached hydrogens (tertiary/aromatic N) is 2. The normalized spacial score (nSPS) is 12.0. The van der Waals surface area contributed by atoms with Crippen molar-refractivity contribution in [3.8, 4) is 0 Å². The van der Waals surface area contributed by atoms with Crippen LogP contribution in [0.1, 0.15) is 12.0 Å². The molecule has 3 aromatic rings. The number of hydrogen-bond donors (Lipinski definition) is 2. The van der Waals surface area contributed by atoms with Crippen molar-refractivity contribution in [2.45, 2.75) is 19.2 Å². The number of rotatable bonds is 12. The fourth-order valence-electron chi connectivity index (χ4n) is 3.35. The smallest absolute Gasteiger partial charge is 0.414 e. The van der Waals surface area contributed by atoms with Crippen molar-refractivity contribution in [2.24, 2.45) is 5.73 Å². The van der Waals surface area contributed by atoms with Gasteiger partial charge in [0.2, 0.25) is 5.91 Å². The number of nitrogens with one attached hydrogen (secondary N) is 2. The summed E-state index contributed by atoms with van der Waals surface area (Å²) >= 11 is 6.32. The van der Waals surface area contributed by atoms with Crippen LogP contribution < -0.4 is 16.8 Å². The molecule has 1 atom stereocenters. The zero-order chi connectivity index (χ0) is 24.3. The van der Waals surface area contributed by atoms with E-state index in [1.165, 1.54) is 0 Å². The third-order valence-corrected chi connectivity index (χ3v) is 5.36. The van der Waals surface area contributed by atoms with Crippen LogP contribution in [0.2, 0.25) is 5.02 Å². The van der Waals surface area contributed by atoms with Gasteiger partial charge in [0.25, 0.3) is 0 Å². The van der Waals surface area contributed by atoms with Crippen LogP contribution >= 0.6 is 11.6 Å². The molecule has 4 N–H and O–H groups in total. The molecule has 2 aromatic carbocycles. The first-order valence-electron chi connectivity index (χ1n) is 10.8. The molecule has 0 saturated heterocycles. The van der Waals surface area contributed by atoms with E-state index in [2.05, 4.69) is 10.3 Å². The number of amides is 2. The highest BCUT2D eigenvalue weighted by Gasteiger charge is 2.26. The van der Waals surface area contributed by atoms with Gasteiger partial charge in [-0.3, -0.25) is 20.7 Å². The molecule has 0 aliphatic carbocycles. The number of carbonyl (C=O) groups is 2. The lowest BCUT2D eigenvalue weighted by molar-refractivity contribution is -0.124. The van der Waals surface area contributed by atoms with Gasteiger partial charge in [0.05, 0.1) is 19.6 Å². The summed E-state index contributed by atoms with van der Waals surface area (Å²) in [6.45, 7) is 1.64. The van der Waals surface area contributed by atoms with E-state index in [1.54, 1.807) is 23.2 Å². The van der Waals surface area contributed by atoms with Gasteiger partial charge in [-0.2, -0.15) is 0 Å². The van der Waals surface area contributed by atoms with E-state index in [-0.39, 0.29) is 13.0 Å². The number of carbonyl (C=O) groups excluding carboxylic acids is 2. The van der Waals surface area contributed by atoms with Gasteiger partial charge in [0, 0.05) is 36.2 Å². The summed E-state index contributed by atoms with van der Waals surface area (Å²) in [5.41, 5.74) is 13.7. The quantitative estimate of drug-likeness (QED) is 0.297. The Kier molecular flexibility index (Phi) is 9.60. The highest BCUT2D eigenvalue weighted by atomic mass is 35.5. The van der Waals surface area contributed by atoms with Gasteiger partial charge in [-0.1, -0.05) is 54.1 Å². The molecule has 179 valence electrons. The molecule has 1 aromatic heterocycles. The summed E-state index contributed by atoms with van der Waals surface area (Å²) in [7, 11) is 0. The third kappa shape index (κ3) is 7.67. The second-order valence-corrected chi connectivity index (χ2v) is 7.90. The first kappa shape index (κ1) is 25.4. The lowest BCUT2D eigenvalue weighted by Crippen LogP contribution is -2.43. The molecule has 34 heavy (non-hydrogen) atoms. The predicted molar refractivity (Wildman–Crippen MR) is 130 cm³/mol. The molecule has 0 aliphatic heterocycles. The van der Waals surface area contributed by atoms with E-state index in [0.29, 0.717) is 37.1 Å². The Morgan fingerprint density at radius 1 is 1.12 bits per heavy atom. The number of halogens is 1. The summed E-state index contributed by atoms with van der Waals surface area (Å²) in [4.78, 5) is 30.3. The highest BCUT2D eigenvalue weighted by molar-refractivity contribution is 6.31. The van der Waals surface area contributed by atoms with E-state index < -0.39 is 18.2 Å². The van der Waals surface area contributed by atoms with Gasteiger partial charge in [0.1, 0.15) is 5.82 Å². The van der Waals surface area contributed by atoms with Gasteiger partial charge in [-0.05, 0) is 23.1 Å². The number of benzene rings is 2. The Labute approximate surface area is 203 Å². The molecule has 2 amide bonds. The zero-order valence-electron chi connectivity index (χ0n) is 18.6. The fourth-order valence-corrected chi connectivity index (χ4v) is 3.55. The first-order valence-corrected chi connectivity index (χ1v) is 11.2. The van der Waals surface area contributed by atoms with E-state index in [9.17, 15) is 9.59 Å². The minimum atomic E-state index is -1.01. The molecule has 9 nitrogen and oxygen atoms in total. The van der Waals surface area contributed by atoms with Crippen LogP contribution in [0.5, 0.6) is 0 Å². The topological polar surface area (TPSA) is 131 Å². The average molecular weight is 485 g/mol. The van der Waals surface area contributed by atoms with E-state index in [4.69, 9.17) is 32.5 Å². The van der Waals surface area contributed by atoms with Crippen LogP contribution in [0.15, 0.2) is 60.8 Å². The standard InChI is InChI=1S/C24H27ClN5O4/c25-20-8-4-3-7-19(20)16-30(10-12-33-11-9-26)23(14-21(27)31)34-24(32)29-22-13-17-5-1-2-6-18(17)15-28-22/h1-8,13,15,23,27H,9-12,14,16,26H2,(H,28,29,32). The monoisotopic (exact) mass is 484 g/mol. The molecular formula is C24H27ClN5O4. The van der Waals surface area contributed by atoms with Crippen molar-refractivity contribution in [1.29, 1.82) is 0 Å². The van der Waals surface area contributed by atoms with Crippen molar-refractivity contribution in [1.82, 2.24) is 15.6 Å². The van der Waals surface area contributed by atoms with Gasteiger partial charge < -0.3 is 15.2 Å². The number of anilines is 1. The Morgan fingerprint density at radius 2 is 1.85 bits per heavy atom. The number of nitrogens with two attached hydrogens (primary N) is 1. The van der Waals surface area contributed by atoms with Crippen molar-refractivity contribution in [3.05, 3.63) is 71.4 Å². The number of fused-ring (bicyclic) bond motifs is 1.